The van der Waals surface area contributed by atoms with Crippen molar-refractivity contribution in [3.63, 3.8) is 0 Å². The zero-order valence-corrected chi connectivity index (χ0v) is 17.8. The number of hydrogen-bond acceptors (Lipinski definition) is 4. The summed E-state index contributed by atoms with van der Waals surface area (Å²) in [5.41, 5.74) is 1.20. The van der Waals surface area contributed by atoms with E-state index in [-0.39, 0.29) is 17.6 Å². The van der Waals surface area contributed by atoms with Gasteiger partial charge in [-0.1, -0.05) is 12.1 Å². The fourth-order valence-electron chi connectivity index (χ4n) is 3.58. The molecule has 0 unspecified atom stereocenters. The summed E-state index contributed by atoms with van der Waals surface area (Å²) in [7, 11) is 3.10. The van der Waals surface area contributed by atoms with Crippen molar-refractivity contribution in [3.8, 4) is 11.5 Å². The molecule has 0 aromatic heterocycles. The van der Waals surface area contributed by atoms with E-state index in [4.69, 9.17) is 9.47 Å². The predicted octanol–water partition coefficient (Wildman–Crippen LogP) is 3.52. The van der Waals surface area contributed by atoms with Gasteiger partial charge in [0, 0.05) is 31.3 Å². The lowest BCUT2D eigenvalue weighted by Gasteiger charge is -2.32. The predicted molar refractivity (Wildman–Crippen MR) is 117 cm³/mol. The minimum atomic E-state index is -0.336. The summed E-state index contributed by atoms with van der Waals surface area (Å²) in [6.45, 7) is 1.81. The number of ether oxygens (including phenoxy) is 2. The normalized spacial score (nSPS) is 14.5. The monoisotopic (exact) mass is 426 g/mol. The maximum absolute atomic E-state index is 13.2. The van der Waals surface area contributed by atoms with Gasteiger partial charge in [-0.25, -0.2) is 4.39 Å². The molecule has 6 nitrogen and oxygen atoms in total. The fourth-order valence-corrected chi connectivity index (χ4v) is 3.58. The molecule has 2 aromatic carbocycles. The molecular weight excluding hydrogens is 399 g/mol. The Bertz CT molecular complexity index is 952. The van der Waals surface area contributed by atoms with E-state index in [1.54, 1.807) is 50.6 Å². The van der Waals surface area contributed by atoms with Crippen molar-refractivity contribution in [1.82, 2.24) is 10.2 Å². The van der Waals surface area contributed by atoms with Gasteiger partial charge >= 0.3 is 0 Å². The molecule has 2 aromatic rings. The SMILES string of the molecule is COc1ccc(C(=O)N2CCC(CNC(=O)/C=C/c3cccc(F)c3)CC2)cc1OC. The van der Waals surface area contributed by atoms with Gasteiger partial charge in [-0.3, -0.25) is 9.59 Å². The Morgan fingerprint density at radius 3 is 2.52 bits per heavy atom. The number of benzene rings is 2. The van der Waals surface area contributed by atoms with Crippen molar-refractivity contribution >= 4 is 17.9 Å². The largest absolute Gasteiger partial charge is 0.493 e. The molecular formula is C24H27FN2O4. The first-order chi connectivity index (χ1) is 15.0. The minimum absolute atomic E-state index is 0.0403. The van der Waals surface area contributed by atoms with Gasteiger partial charge in [-0.2, -0.15) is 0 Å². The van der Waals surface area contributed by atoms with Crippen molar-refractivity contribution in [2.45, 2.75) is 12.8 Å². The van der Waals surface area contributed by atoms with Crippen molar-refractivity contribution in [1.29, 1.82) is 0 Å². The van der Waals surface area contributed by atoms with Crippen LogP contribution < -0.4 is 14.8 Å². The van der Waals surface area contributed by atoms with Gasteiger partial charge < -0.3 is 19.7 Å². The average Bonchev–Trinajstić information content (AvgIpc) is 2.80. The number of hydrogen-bond donors (Lipinski definition) is 1. The molecule has 0 spiro atoms. The number of likely N-dealkylation sites (tertiary alicyclic amines) is 1. The maximum atomic E-state index is 13.2. The Morgan fingerprint density at radius 2 is 1.84 bits per heavy atom. The zero-order valence-electron chi connectivity index (χ0n) is 17.8. The van der Waals surface area contributed by atoms with Crippen LogP contribution in [0.5, 0.6) is 11.5 Å². The van der Waals surface area contributed by atoms with Gasteiger partial charge in [0.25, 0.3) is 5.91 Å². The van der Waals surface area contributed by atoms with E-state index in [1.165, 1.54) is 18.2 Å². The molecule has 2 amide bonds. The molecule has 7 heteroatoms. The number of nitrogens with one attached hydrogen (secondary N) is 1. The second-order valence-electron chi connectivity index (χ2n) is 7.44. The first kappa shape index (κ1) is 22.3. The number of carbonyl (C=O) groups excluding carboxylic acids is 2. The number of piperidine rings is 1. The zero-order chi connectivity index (χ0) is 22.2. The van der Waals surface area contributed by atoms with E-state index < -0.39 is 0 Å². The molecule has 0 radical (unpaired) electrons. The first-order valence-corrected chi connectivity index (χ1v) is 10.2. The molecule has 0 saturated carbocycles. The van der Waals surface area contributed by atoms with Crippen LogP contribution in [0.1, 0.15) is 28.8 Å². The topological polar surface area (TPSA) is 67.9 Å². The molecule has 1 aliphatic heterocycles. The summed E-state index contributed by atoms with van der Waals surface area (Å²) >= 11 is 0. The van der Waals surface area contributed by atoms with Crippen LogP contribution in [0.3, 0.4) is 0 Å². The number of rotatable bonds is 7. The van der Waals surface area contributed by atoms with E-state index in [0.29, 0.717) is 48.2 Å². The lowest BCUT2D eigenvalue weighted by atomic mass is 9.96. The molecule has 31 heavy (non-hydrogen) atoms. The van der Waals surface area contributed by atoms with Gasteiger partial charge in [0.1, 0.15) is 5.82 Å². The third kappa shape index (κ3) is 6.07. The highest BCUT2D eigenvalue weighted by Gasteiger charge is 2.24. The lowest BCUT2D eigenvalue weighted by molar-refractivity contribution is -0.116. The highest BCUT2D eigenvalue weighted by Crippen LogP contribution is 2.28. The standard InChI is InChI=1S/C24H27FN2O4/c1-30-21-8-7-19(15-22(21)31-2)24(29)27-12-10-18(11-13-27)16-26-23(28)9-6-17-4-3-5-20(25)14-17/h3-9,14-15,18H,10-13,16H2,1-2H3,(H,26,28)/b9-6+. The summed E-state index contributed by atoms with van der Waals surface area (Å²) < 4.78 is 23.7. The number of methoxy groups -OCH3 is 2. The Hall–Kier alpha value is -3.35. The van der Waals surface area contributed by atoms with Crippen molar-refractivity contribution < 1.29 is 23.5 Å². The average molecular weight is 426 g/mol. The molecule has 1 fully saturated rings. The van der Waals surface area contributed by atoms with Crippen molar-refractivity contribution in [3.05, 3.63) is 65.5 Å². The number of carbonyl (C=O) groups is 2. The Labute approximate surface area is 181 Å². The molecule has 1 saturated heterocycles. The minimum Gasteiger partial charge on any atom is -0.493 e. The Kier molecular flexibility index (Phi) is 7.65. The second kappa shape index (κ2) is 10.6. The van der Waals surface area contributed by atoms with Gasteiger partial charge in [-0.15, -0.1) is 0 Å². The molecule has 3 rings (SSSR count). The first-order valence-electron chi connectivity index (χ1n) is 10.2. The van der Waals surface area contributed by atoms with Gasteiger partial charge in [0.05, 0.1) is 14.2 Å². The summed E-state index contributed by atoms with van der Waals surface area (Å²) in [5, 5.41) is 2.89. The highest BCUT2D eigenvalue weighted by molar-refractivity contribution is 5.95. The molecule has 0 atom stereocenters. The summed E-state index contributed by atoms with van der Waals surface area (Å²) in [4.78, 5) is 26.7. The molecule has 1 heterocycles. The van der Waals surface area contributed by atoms with Gasteiger partial charge in [0.15, 0.2) is 11.5 Å². The number of halogens is 1. The summed E-state index contributed by atoms with van der Waals surface area (Å²) in [6, 6.07) is 11.2. The molecule has 0 bridgehead atoms. The van der Waals surface area contributed by atoms with Gasteiger partial charge in [0.2, 0.25) is 5.91 Å². The van der Waals surface area contributed by atoms with E-state index in [1.807, 2.05) is 4.90 Å². The van der Waals surface area contributed by atoms with E-state index in [2.05, 4.69) is 5.32 Å². The van der Waals surface area contributed by atoms with Crippen LogP contribution in [-0.4, -0.2) is 50.6 Å². The third-order valence-electron chi connectivity index (χ3n) is 5.37. The summed E-state index contributed by atoms with van der Waals surface area (Å²) in [5.74, 6) is 0.824. The number of nitrogens with zero attached hydrogens (tertiary/aromatic N) is 1. The van der Waals surface area contributed by atoms with Gasteiger partial charge in [-0.05, 0) is 60.7 Å². The van der Waals surface area contributed by atoms with Crippen LogP contribution in [-0.2, 0) is 4.79 Å². The third-order valence-corrected chi connectivity index (χ3v) is 5.37. The molecule has 0 aliphatic carbocycles. The van der Waals surface area contributed by atoms with E-state index >= 15 is 0 Å². The van der Waals surface area contributed by atoms with E-state index in [9.17, 15) is 14.0 Å². The van der Waals surface area contributed by atoms with Crippen LogP contribution in [0.25, 0.3) is 6.08 Å². The highest BCUT2D eigenvalue weighted by atomic mass is 19.1. The van der Waals surface area contributed by atoms with Crippen molar-refractivity contribution in [2.75, 3.05) is 33.9 Å². The fraction of sp³-hybridized carbons (Fsp3) is 0.333. The molecule has 1 aliphatic rings. The summed E-state index contributed by atoms with van der Waals surface area (Å²) in [6.07, 6.45) is 4.62. The Morgan fingerprint density at radius 1 is 1.10 bits per heavy atom. The van der Waals surface area contributed by atoms with Crippen LogP contribution in [0.15, 0.2) is 48.5 Å². The quantitative estimate of drug-likeness (QED) is 0.688. The van der Waals surface area contributed by atoms with Crippen molar-refractivity contribution in [2.24, 2.45) is 5.92 Å². The molecule has 1 N–H and O–H groups in total. The smallest absolute Gasteiger partial charge is 0.253 e. The second-order valence-corrected chi connectivity index (χ2v) is 7.44. The number of amides is 2. The van der Waals surface area contributed by atoms with Crippen LogP contribution >= 0.6 is 0 Å². The van der Waals surface area contributed by atoms with Crippen LogP contribution in [0.4, 0.5) is 4.39 Å². The lowest BCUT2D eigenvalue weighted by Crippen LogP contribution is -2.41. The molecule has 164 valence electrons. The Balaban J connectivity index is 1.46. The van der Waals surface area contributed by atoms with Crippen LogP contribution in [0.2, 0.25) is 0 Å². The van der Waals surface area contributed by atoms with Crippen LogP contribution in [0, 0.1) is 11.7 Å². The van der Waals surface area contributed by atoms with E-state index in [0.717, 1.165) is 12.8 Å². The maximum Gasteiger partial charge on any atom is 0.253 e.